The molecular weight excluding hydrogens is 356 g/mol. The van der Waals surface area contributed by atoms with Gasteiger partial charge in [-0.3, -0.25) is 0 Å². The molecule has 0 heterocycles. The molecule has 5 rings (SSSR count). The molecule has 3 saturated carbocycles. The minimum atomic E-state index is -0.118. The first kappa shape index (κ1) is 19.2. The fourth-order valence-corrected chi connectivity index (χ4v) is 7.30. The first-order valence-corrected chi connectivity index (χ1v) is 11.5. The van der Waals surface area contributed by atoms with E-state index in [9.17, 15) is 5.11 Å². The van der Waals surface area contributed by atoms with E-state index in [1.807, 2.05) is 24.4 Å². The molecule has 1 aromatic rings. The minimum absolute atomic E-state index is 0.118. The standard InChI is InChI=1S/C26H34N2O/c1-25-14-12-20(29)16-19(25)8-9-21-22-10-11-24(26(22,2)15-13-23(21)25)28-27-17-18-6-4-3-5-7-18/h3-8,17,20-23,29H,9-16H2,1-2H3/b27-17+,28-24+/t20-,21-,22-,23-,25-,26-/m0/s1. The third-order valence-electron chi connectivity index (χ3n) is 9.00. The molecule has 29 heavy (non-hydrogen) atoms. The summed E-state index contributed by atoms with van der Waals surface area (Å²) in [5.74, 6) is 2.28. The molecule has 6 atom stereocenters. The molecule has 0 unspecified atom stereocenters. The smallest absolute Gasteiger partial charge is 0.0577 e. The van der Waals surface area contributed by atoms with Gasteiger partial charge in [-0.15, -0.1) is 0 Å². The van der Waals surface area contributed by atoms with Crippen LogP contribution in [0.3, 0.4) is 0 Å². The number of rotatable bonds is 2. The topological polar surface area (TPSA) is 45.0 Å². The second-order valence-electron chi connectivity index (χ2n) is 10.4. The van der Waals surface area contributed by atoms with Gasteiger partial charge in [-0.05, 0) is 80.1 Å². The van der Waals surface area contributed by atoms with E-state index in [1.54, 1.807) is 5.57 Å². The molecule has 0 amide bonds. The van der Waals surface area contributed by atoms with E-state index in [1.165, 1.54) is 31.4 Å². The van der Waals surface area contributed by atoms with E-state index in [2.05, 4.69) is 37.2 Å². The Morgan fingerprint density at radius 1 is 1.00 bits per heavy atom. The van der Waals surface area contributed by atoms with Gasteiger partial charge < -0.3 is 5.11 Å². The Morgan fingerprint density at radius 3 is 2.59 bits per heavy atom. The summed E-state index contributed by atoms with van der Waals surface area (Å²) < 4.78 is 0. The molecule has 154 valence electrons. The quantitative estimate of drug-likeness (QED) is 0.388. The fourth-order valence-electron chi connectivity index (χ4n) is 7.30. The maximum absolute atomic E-state index is 10.2. The highest BCUT2D eigenvalue weighted by atomic mass is 16.3. The number of fused-ring (bicyclic) bond motifs is 5. The van der Waals surface area contributed by atoms with Crippen molar-refractivity contribution in [3.8, 4) is 0 Å². The Hall–Kier alpha value is -1.74. The number of aliphatic hydroxyl groups excluding tert-OH is 1. The van der Waals surface area contributed by atoms with Crippen LogP contribution in [0.1, 0.15) is 70.8 Å². The van der Waals surface area contributed by atoms with Gasteiger partial charge in [-0.25, -0.2) is 0 Å². The summed E-state index contributed by atoms with van der Waals surface area (Å²) in [6.45, 7) is 4.96. The Morgan fingerprint density at radius 2 is 1.76 bits per heavy atom. The van der Waals surface area contributed by atoms with E-state index in [0.29, 0.717) is 5.41 Å². The third kappa shape index (κ3) is 3.13. The average Bonchev–Trinajstić information content (AvgIpc) is 3.06. The number of allylic oxidation sites excluding steroid dienone is 1. The first-order valence-electron chi connectivity index (χ1n) is 11.5. The molecule has 0 aliphatic heterocycles. The number of hydrogen-bond acceptors (Lipinski definition) is 3. The molecule has 3 nitrogen and oxygen atoms in total. The van der Waals surface area contributed by atoms with Gasteiger partial charge in [-0.2, -0.15) is 10.2 Å². The van der Waals surface area contributed by atoms with Crippen LogP contribution < -0.4 is 0 Å². The van der Waals surface area contributed by atoms with E-state index in [-0.39, 0.29) is 11.5 Å². The Kier molecular flexibility index (Phi) is 4.77. The molecule has 0 spiro atoms. The number of hydrogen-bond donors (Lipinski definition) is 1. The second-order valence-corrected chi connectivity index (χ2v) is 10.4. The lowest BCUT2D eigenvalue weighted by Crippen LogP contribution is -2.50. The second kappa shape index (κ2) is 7.19. The van der Waals surface area contributed by atoms with Gasteiger partial charge in [-0.1, -0.05) is 55.8 Å². The van der Waals surface area contributed by atoms with Crippen molar-refractivity contribution in [1.82, 2.24) is 0 Å². The highest BCUT2D eigenvalue weighted by molar-refractivity contribution is 5.93. The maximum Gasteiger partial charge on any atom is 0.0577 e. The van der Waals surface area contributed by atoms with Crippen LogP contribution in [-0.2, 0) is 0 Å². The molecule has 4 aliphatic rings. The molecule has 1 N–H and O–H groups in total. The van der Waals surface area contributed by atoms with Gasteiger partial charge in [0.2, 0.25) is 0 Å². The Labute approximate surface area is 175 Å². The largest absolute Gasteiger partial charge is 0.393 e. The zero-order valence-corrected chi connectivity index (χ0v) is 17.8. The van der Waals surface area contributed by atoms with Crippen LogP contribution in [-0.4, -0.2) is 23.1 Å². The molecule has 4 aliphatic carbocycles. The van der Waals surface area contributed by atoms with Gasteiger partial charge >= 0.3 is 0 Å². The first-order chi connectivity index (χ1) is 14.0. The summed E-state index contributed by atoms with van der Waals surface area (Å²) in [6, 6.07) is 10.3. The van der Waals surface area contributed by atoms with Crippen LogP contribution in [0.15, 0.2) is 52.2 Å². The maximum atomic E-state index is 10.2. The van der Waals surface area contributed by atoms with Crippen LogP contribution in [0.4, 0.5) is 0 Å². The normalized spacial score (nSPS) is 43.0. The SMILES string of the molecule is C[C@]12CC[C@H](O)CC1=CC[C@@H]1[C@@H]2CC[C@]2(C)/C(=N/N=C/c3ccccc3)CC[C@@H]12. The number of benzene rings is 1. The predicted molar refractivity (Wildman–Crippen MR) is 119 cm³/mol. The van der Waals surface area contributed by atoms with Gasteiger partial charge in [0.25, 0.3) is 0 Å². The highest BCUT2D eigenvalue weighted by Crippen LogP contribution is 2.64. The zero-order valence-electron chi connectivity index (χ0n) is 17.8. The zero-order chi connectivity index (χ0) is 20.1. The fraction of sp³-hybridized carbons (Fsp3) is 0.615. The van der Waals surface area contributed by atoms with E-state index >= 15 is 0 Å². The molecule has 0 bridgehead atoms. The van der Waals surface area contributed by atoms with E-state index in [0.717, 1.165) is 49.0 Å². The summed E-state index contributed by atoms with van der Waals surface area (Å²) in [5.41, 5.74) is 4.52. The summed E-state index contributed by atoms with van der Waals surface area (Å²) in [6.07, 6.45) is 13.4. The number of aliphatic hydroxyl groups is 1. The Balaban J connectivity index is 1.38. The molecule has 0 radical (unpaired) electrons. The molecule has 0 saturated heterocycles. The predicted octanol–water partition coefficient (Wildman–Crippen LogP) is 5.79. The monoisotopic (exact) mass is 390 g/mol. The third-order valence-corrected chi connectivity index (χ3v) is 9.00. The van der Waals surface area contributed by atoms with Gasteiger partial charge in [0.1, 0.15) is 0 Å². The van der Waals surface area contributed by atoms with Gasteiger partial charge in [0, 0.05) is 11.1 Å². The Bertz CT molecular complexity index is 857. The van der Waals surface area contributed by atoms with Crippen molar-refractivity contribution in [1.29, 1.82) is 0 Å². The average molecular weight is 391 g/mol. The molecule has 3 fully saturated rings. The summed E-state index contributed by atoms with van der Waals surface area (Å²) in [7, 11) is 0. The van der Waals surface area contributed by atoms with Crippen LogP contribution in [0, 0.1) is 28.6 Å². The van der Waals surface area contributed by atoms with Crippen LogP contribution in [0.25, 0.3) is 0 Å². The summed E-state index contributed by atoms with van der Waals surface area (Å²) in [5, 5.41) is 19.4. The van der Waals surface area contributed by atoms with Crippen molar-refractivity contribution in [2.75, 3.05) is 0 Å². The van der Waals surface area contributed by atoms with Crippen LogP contribution in [0.5, 0.6) is 0 Å². The van der Waals surface area contributed by atoms with Crippen molar-refractivity contribution in [2.45, 2.75) is 71.3 Å². The molecular formula is C26H34N2O. The van der Waals surface area contributed by atoms with Crippen molar-refractivity contribution in [3.63, 3.8) is 0 Å². The lowest BCUT2D eigenvalue weighted by Gasteiger charge is -2.57. The molecule has 1 aromatic carbocycles. The van der Waals surface area contributed by atoms with Gasteiger partial charge in [0.05, 0.1) is 12.3 Å². The summed E-state index contributed by atoms with van der Waals surface area (Å²) in [4.78, 5) is 0. The molecule has 0 aromatic heterocycles. The lowest BCUT2D eigenvalue weighted by molar-refractivity contribution is -0.0209. The molecule has 3 heteroatoms. The van der Waals surface area contributed by atoms with Crippen molar-refractivity contribution in [2.24, 2.45) is 38.8 Å². The van der Waals surface area contributed by atoms with Crippen molar-refractivity contribution >= 4 is 11.9 Å². The van der Waals surface area contributed by atoms with Gasteiger partial charge in [0.15, 0.2) is 0 Å². The summed E-state index contributed by atoms with van der Waals surface area (Å²) >= 11 is 0. The van der Waals surface area contributed by atoms with Crippen molar-refractivity contribution < 1.29 is 5.11 Å². The van der Waals surface area contributed by atoms with Crippen molar-refractivity contribution in [3.05, 3.63) is 47.5 Å². The minimum Gasteiger partial charge on any atom is -0.393 e. The highest BCUT2D eigenvalue weighted by Gasteiger charge is 2.57. The lowest BCUT2D eigenvalue weighted by atomic mass is 9.48. The van der Waals surface area contributed by atoms with E-state index < -0.39 is 0 Å². The van der Waals surface area contributed by atoms with Crippen LogP contribution in [0.2, 0.25) is 0 Å². The van der Waals surface area contributed by atoms with E-state index in [4.69, 9.17) is 5.10 Å². The number of nitrogens with zero attached hydrogens (tertiary/aromatic N) is 2. The van der Waals surface area contributed by atoms with Crippen LogP contribution >= 0.6 is 0 Å².